The summed E-state index contributed by atoms with van der Waals surface area (Å²) < 4.78 is 5.27. The van der Waals surface area contributed by atoms with E-state index in [-0.39, 0.29) is 0 Å². The van der Waals surface area contributed by atoms with Crippen LogP contribution in [0.3, 0.4) is 0 Å². The average Bonchev–Trinajstić information content (AvgIpc) is 2.35. The minimum atomic E-state index is 0.605. The second-order valence-corrected chi connectivity index (χ2v) is 3.43. The van der Waals surface area contributed by atoms with Crippen LogP contribution in [0.4, 0.5) is 5.69 Å². The third-order valence-electron chi connectivity index (χ3n) is 2.41. The maximum absolute atomic E-state index is 5.47. The monoisotopic (exact) mass is 217 g/mol. The summed E-state index contributed by atoms with van der Waals surface area (Å²) in [5.74, 6) is 0.786. The minimum Gasteiger partial charge on any atom is -0.494 e. The van der Waals surface area contributed by atoms with Crippen molar-refractivity contribution in [3.8, 4) is 5.75 Å². The molecular formula is C12H15N3O. The molecule has 0 unspecified atom stereocenters. The number of para-hydroxylation sites is 1. The molecule has 0 radical (unpaired) electrons. The van der Waals surface area contributed by atoms with Gasteiger partial charge < -0.3 is 15.8 Å². The molecule has 0 spiro atoms. The summed E-state index contributed by atoms with van der Waals surface area (Å²) in [5, 5.41) is 4.32. The van der Waals surface area contributed by atoms with Gasteiger partial charge in [-0.1, -0.05) is 12.1 Å². The number of aromatic nitrogens is 1. The van der Waals surface area contributed by atoms with Crippen LogP contribution in [0.1, 0.15) is 0 Å². The zero-order chi connectivity index (χ0) is 11.4. The number of fused-ring (bicyclic) bond motifs is 1. The summed E-state index contributed by atoms with van der Waals surface area (Å²) >= 11 is 0. The Morgan fingerprint density at radius 2 is 2.25 bits per heavy atom. The highest BCUT2D eigenvalue weighted by molar-refractivity contribution is 5.94. The summed E-state index contributed by atoms with van der Waals surface area (Å²) in [6.07, 6.45) is 1.77. The predicted molar refractivity (Wildman–Crippen MR) is 65.8 cm³/mol. The molecule has 4 nitrogen and oxygen atoms in total. The van der Waals surface area contributed by atoms with E-state index in [1.54, 1.807) is 13.3 Å². The van der Waals surface area contributed by atoms with Gasteiger partial charge >= 0.3 is 0 Å². The van der Waals surface area contributed by atoms with Crippen LogP contribution in [0.2, 0.25) is 0 Å². The number of rotatable bonds is 4. The van der Waals surface area contributed by atoms with Crippen LogP contribution in [0.15, 0.2) is 30.5 Å². The molecule has 1 aromatic heterocycles. The van der Waals surface area contributed by atoms with Crippen molar-refractivity contribution in [2.24, 2.45) is 5.73 Å². The predicted octanol–water partition coefficient (Wildman–Crippen LogP) is 1.61. The van der Waals surface area contributed by atoms with Gasteiger partial charge in [0, 0.05) is 30.4 Å². The number of hydrogen-bond donors (Lipinski definition) is 2. The standard InChI is InChI=1S/C12H15N3O/c1-16-11-4-2-3-9-10(14-8-6-13)5-7-15-12(9)11/h2-5,7H,6,8,13H2,1H3,(H,14,15). The maximum Gasteiger partial charge on any atom is 0.145 e. The molecular weight excluding hydrogens is 202 g/mol. The number of methoxy groups -OCH3 is 1. The van der Waals surface area contributed by atoms with Crippen molar-refractivity contribution in [3.05, 3.63) is 30.5 Å². The molecule has 0 atom stereocenters. The normalized spacial score (nSPS) is 10.4. The van der Waals surface area contributed by atoms with Gasteiger partial charge in [0.25, 0.3) is 0 Å². The Labute approximate surface area is 94.4 Å². The number of anilines is 1. The van der Waals surface area contributed by atoms with Crippen LogP contribution in [0.5, 0.6) is 5.75 Å². The van der Waals surface area contributed by atoms with Crippen LogP contribution >= 0.6 is 0 Å². The van der Waals surface area contributed by atoms with E-state index in [0.29, 0.717) is 6.54 Å². The van der Waals surface area contributed by atoms with Crippen molar-refractivity contribution in [1.82, 2.24) is 4.98 Å². The van der Waals surface area contributed by atoms with E-state index in [1.807, 2.05) is 24.3 Å². The highest BCUT2D eigenvalue weighted by atomic mass is 16.5. The summed E-state index contributed by atoms with van der Waals surface area (Å²) in [6, 6.07) is 7.82. The molecule has 16 heavy (non-hydrogen) atoms. The Balaban J connectivity index is 2.51. The zero-order valence-corrected chi connectivity index (χ0v) is 9.23. The lowest BCUT2D eigenvalue weighted by Crippen LogP contribution is -2.13. The lowest BCUT2D eigenvalue weighted by Gasteiger charge is -2.10. The summed E-state index contributed by atoms with van der Waals surface area (Å²) in [6.45, 7) is 1.35. The van der Waals surface area contributed by atoms with E-state index >= 15 is 0 Å². The molecule has 84 valence electrons. The molecule has 0 aliphatic heterocycles. The number of benzene rings is 1. The molecule has 0 saturated carbocycles. The van der Waals surface area contributed by atoms with Crippen molar-refractivity contribution < 1.29 is 4.74 Å². The van der Waals surface area contributed by atoms with Crippen molar-refractivity contribution in [3.63, 3.8) is 0 Å². The quantitative estimate of drug-likeness (QED) is 0.817. The van der Waals surface area contributed by atoms with Crippen LogP contribution < -0.4 is 15.8 Å². The van der Waals surface area contributed by atoms with E-state index in [4.69, 9.17) is 10.5 Å². The van der Waals surface area contributed by atoms with E-state index in [2.05, 4.69) is 10.3 Å². The Bertz CT molecular complexity index is 485. The van der Waals surface area contributed by atoms with Gasteiger partial charge in [0.2, 0.25) is 0 Å². The molecule has 2 rings (SSSR count). The zero-order valence-electron chi connectivity index (χ0n) is 9.23. The fraction of sp³-hybridized carbons (Fsp3) is 0.250. The molecule has 0 fully saturated rings. The number of pyridine rings is 1. The Morgan fingerprint density at radius 3 is 3.00 bits per heavy atom. The van der Waals surface area contributed by atoms with Crippen molar-refractivity contribution >= 4 is 16.6 Å². The molecule has 4 heteroatoms. The van der Waals surface area contributed by atoms with E-state index in [9.17, 15) is 0 Å². The summed E-state index contributed by atoms with van der Waals surface area (Å²) in [7, 11) is 1.65. The SMILES string of the molecule is COc1cccc2c(NCCN)ccnc12. The first-order valence-electron chi connectivity index (χ1n) is 5.22. The van der Waals surface area contributed by atoms with Crippen LogP contribution in [-0.4, -0.2) is 25.2 Å². The lowest BCUT2D eigenvalue weighted by molar-refractivity contribution is 0.419. The molecule has 0 bridgehead atoms. The van der Waals surface area contributed by atoms with Crippen molar-refractivity contribution in [2.75, 3.05) is 25.5 Å². The smallest absolute Gasteiger partial charge is 0.145 e. The maximum atomic E-state index is 5.47. The highest BCUT2D eigenvalue weighted by Gasteiger charge is 2.05. The molecule has 0 saturated heterocycles. The molecule has 2 aromatic rings. The minimum absolute atomic E-state index is 0.605. The van der Waals surface area contributed by atoms with E-state index < -0.39 is 0 Å². The molecule has 3 N–H and O–H groups in total. The Hall–Kier alpha value is -1.81. The average molecular weight is 217 g/mol. The van der Waals surface area contributed by atoms with E-state index in [1.165, 1.54) is 0 Å². The van der Waals surface area contributed by atoms with Crippen LogP contribution in [0.25, 0.3) is 10.9 Å². The van der Waals surface area contributed by atoms with Gasteiger partial charge in [-0.15, -0.1) is 0 Å². The molecule has 1 aromatic carbocycles. The molecule has 0 amide bonds. The first kappa shape index (κ1) is 10.7. The first-order valence-corrected chi connectivity index (χ1v) is 5.22. The first-order chi connectivity index (χ1) is 7.86. The second-order valence-electron chi connectivity index (χ2n) is 3.43. The fourth-order valence-electron chi connectivity index (χ4n) is 1.67. The van der Waals surface area contributed by atoms with Gasteiger partial charge in [-0.3, -0.25) is 4.98 Å². The molecule has 0 aliphatic carbocycles. The summed E-state index contributed by atoms with van der Waals surface area (Å²) in [5.41, 5.74) is 7.38. The second kappa shape index (κ2) is 4.81. The summed E-state index contributed by atoms with van der Waals surface area (Å²) in [4.78, 5) is 4.32. The van der Waals surface area contributed by atoms with Gasteiger partial charge in [0.05, 0.1) is 7.11 Å². The van der Waals surface area contributed by atoms with Gasteiger partial charge in [0.15, 0.2) is 0 Å². The third kappa shape index (κ3) is 1.92. The number of ether oxygens (including phenoxy) is 1. The number of nitrogens with zero attached hydrogens (tertiary/aromatic N) is 1. The van der Waals surface area contributed by atoms with Crippen LogP contribution in [0, 0.1) is 0 Å². The molecule has 1 heterocycles. The van der Waals surface area contributed by atoms with Crippen molar-refractivity contribution in [2.45, 2.75) is 0 Å². The topological polar surface area (TPSA) is 60.2 Å². The third-order valence-corrected chi connectivity index (χ3v) is 2.41. The van der Waals surface area contributed by atoms with Gasteiger partial charge in [-0.25, -0.2) is 0 Å². The van der Waals surface area contributed by atoms with Gasteiger partial charge in [-0.2, -0.15) is 0 Å². The van der Waals surface area contributed by atoms with E-state index in [0.717, 1.165) is 28.9 Å². The largest absolute Gasteiger partial charge is 0.494 e. The Kier molecular flexibility index (Phi) is 3.22. The van der Waals surface area contributed by atoms with Gasteiger partial charge in [0.1, 0.15) is 11.3 Å². The van der Waals surface area contributed by atoms with Crippen molar-refractivity contribution in [1.29, 1.82) is 0 Å². The lowest BCUT2D eigenvalue weighted by atomic mass is 10.1. The molecule has 0 aliphatic rings. The van der Waals surface area contributed by atoms with Crippen LogP contribution in [-0.2, 0) is 0 Å². The number of nitrogens with two attached hydrogens (primary N) is 1. The number of nitrogens with one attached hydrogen (secondary N) is 1. The Morgan fingerprint density at radius 1 is 1.38 bits per heavy atom. The highest BCUT2D eigenvalue weighted by Crippen LogP contribution is 2.28. The van der Waals surface area contributed by atoms with Gasteiger partial charge in [-0.05, 0) is 12.1 Å². The number of hydrogen-bond acceptors (Lipinski definition) is 4. The fourth-order valence-corrected chi connectivity index (χ4v) is 1.67.